The maximum absolute atomic E-state index is 13.6. The molecule has 35 heavy (non-hydrogen) atoms. The molecule has 3 saturated carbocycles. The van der Waals surface area contributed by atoms with E-state index in [9.17, 15) is 14.0 Å². The van der Waals surface area contributed by atoms with E-state index in [0.29, 0.717) is 6.54 Å². The number of nitrogens with zero attached hydrogens (tertiary/aromatic N) is 1. The fourth-order valence-electron chi connectivity index (χ4n) is 5.60. The summed E-state index contributed by atoms with van der Waals surface area (Å²) in [5.74, 6) is -0.321. The Labute approximate surface area is 211 Å². The van der Waals surface area contributed by atoms with Gasteiger partial charge in [0.05, 0.1) is 10.4 Å². The third-order valence-corrected chi connectivity index (χ3v) is 8.07. The van der Waals surface area contributed by atoms with E-state index in [0.717, 1.165) is 43.4 Å². The minimum Gasteiger partial charge on any atom is -0.484 e. The molecule has 2 N–H and O–H groups in total. The maximum atomic E-state index is 13.6. The second-order valence-electron chi connectivity index (χ2n) is 10.2. The number of carbonyl (C=O) groups excluding carboxylic acids is 2. The molecule has 0 aliphatic heterocycles. The van der Waals surface area contributed by atoms with Gasteiger partial charge < -0.3 is 20.3 Å². The number of rotatable bonds is 8. The van der Waals surface area contributed by atoms with E-state index in [1.54, 1.807) is 0 Å². The number of carbonyl (C=O) groups is 2. The van der Waals surface area contributed by atoms with Crippen LogP contribution in [-0.4, -0.2) is 38.1 Å². The van der Waals surface area contributed by atoms with Crippen molar-refractivity contribution in [3.8, 4) is 5.75 Å². The summed E-state index contributed by atoms with van der Waals surface area (Å²) >= 11 is 5.69. The first-order valence-electron chi connectivity index (χ1n) is 12.1. The van der Waals surface area contributed by atoms with Gasteiger partial charge in [0.2, 0.25) is 5.91 Å². The molecular formula is C27H33ClFN3O3. The zero-order valence-corrected chi connectivity index (χ0v) is 21.3. The SMILES string of the molecule is CC1CC2(NC(=O)COc3ccc(Cl)c(F)c3)CCC1(C(=O)NCc1ccc(N(C)C)cc1)CC2. The standard InChI is InChI=1S/C27H33ClFN3O3/c1-18-15-26(31-24(33)17-35-21-8-9-22(28)23(29)14-21)10-12-27(18,13-11-26)25(34)30-16-19-4-6-20(7-5-19)32(2)3/h4-9,14,18H,10-13,15-17H2,1-3H3,(H,30,34)(H,31,33). The van der Waals surface area contributed by atoms with E-state index in [4.69, 9.17) is 16.3 Å². The molecule has 0 spiro atoms. The topological polar surface area (TPSA) is 70.7 Å². The van der Waals surface area contributed by atoms with E-state index in [2.05, 4.69) is 17.6 Å². The van der Waals surface area contributed by atoms with Gasteiger partial charge in [0, 0.05) is 37.9 Å². The summed E-state index contributed by atoms with van der Waals surface area (Å²) < 4.78 is 19.0. The van der Waals surface area contributed by atoms with Crippen LogP contribution >= 0.6 is 11.6 Å². The summed E-state index contributed by atoms with van der Waals surface area (Å²) in [4.78, 5) is 28.0. The molecule has 6 nitrogen and oxygen atoms in total. The van der Waals surface area contributed by atoms with Crippen molar-refractivity contribution in [2.45, 2.75) is 51.1 Å². The van der Waals surface area contributed by atoms with Crippen molar-refractivity contribution >= 4 is 29.1 Å². The minimum atomic E-state index is -0.586. The first kappa shape index (κ1) is 25.3. The second kappa shape index (κ2) is 10.1. The van der Waals surface area contributed by atoms with Crippen LogP contribution in [0.5, 0.6) is 5.75 Å². The number of hydrogen-bond acceptors (Lipinski definition) is 4. The molecule has 2 bridgehead atoms. The van der Waals surface area contributed by atoms with Crippen LogP contribution in [-0.2, 0) is 16.1 Å². The molecule has 3 aliphatic carbocycles. The number of fused-ring (bicyclic) bond motifs is 3. The highest BCUT2D eigenvalue weighted by atomic mass is 35.5. The molecule has 3 fully saturated rings. The van der Waals surface area contributed by atoms with Crippen molar-refractivity contribution in [2.75, 3.05) is 25.6 Å². The van der Waals surface area contributed by atoms with E-state index < -0.39 is 11.2 Å². The molecule has 2 aromatic rings. The molecule has 0 heterocycles. The van der Waals surface area contributed by atoms with Gasteiger partial charge in [0.1, 0.15) is 11.6 Å². The van der Waals surface area contributed by atoms with Crippen molar-refractivity contribution in [2.24, 2.45) is 11.3 Å². The quantitative estimate of drug-likeness (QED) is 0.550. The van der Waals surface area contributed by atoms with Gasteiger partial charge in [-0.2, -0.15) is 0 Å². The van der Waals surface area contributed by atoms with Gasteiger partial charge in [0.15, 0.2) is 6.61 Å². The third-order valence-electron chi connectivity index (χ3n) is 7.76. The predicted octanol–water partition coefficient (Wildman–Crippen LogP) is 4.70. The molecule has 1 unspecified atom stereocenters. The van der Waals surface area contributed by atoms with E-state index >= 15 is 0 Å². The average molecular weight is 502 g/mol. The van der Waals surface area contributed by atoms with Crippen LogP contribution < -0.4 is 20.3 Å². The molecule has 1 atom stereocenters. The Bertz CT molecular complexity index is 1080. The van der Waals surface area contributed by atoms with Gasteiger partial charge in [-0.25, -0.2) is 4.39 Å². The lowest BCUT2D eigenvalue weighted by Crippen LogP contribution is -2.63. The van der Waals surface area contributed by atoms with Crippen LogP contribution in [0.25, 0.3) is 0 Å². The monoisotopic (exact) mass is 501 g/mol. The number of nitrogens with one attached hydrogen (secondary N) is 2. The van der Waals surface area contributed by atoms with Gasteiger partial charge in [-0.1, -0.05) is 30.7 Å². The first-order valence-corrected chi connectivity index (χ1v) is 12.4. The first-order chi connectivity index (χ1) is 16.6. The Balaban J connectivity index is 1.30. The number of benzene rings is 2. The summed E-state index contributed by atoms with van der Waals surface area (Å²) in [5.41, 5.74) is 1.47. The smallest absolute Gasteiger partial charge is 0.258 e. The van der Waals surface area contributed by atoms with Crippen molar-refractivity contribution < 1.29 is 18.7 Å². The molecule has 2 aromatic carbocycles. The average Bonchev–Trinajstić information content (AvgIpc) is 2.84. The Morgan fingerprint density at radius 1 is 1.11 bits per heavy atom. The van der Waals surface area contributed by atoms with Crippen LogP contribution in [0, 0.1) is 17.2 Å². The summed E-state index contributed by atoms with van der Waals surface area (Å²) in [5, 5.41) is 6.33. The lowest BCUT2D eigenvalue weighted by molar-refractivity contribution is -0.146. The molecule has 8 heteroatoms. The Morgan fingerprint density at radius 3 is 2.40 bits per heavy atom. The van der Waals surface area contributed by atoms with Crippen LogP contribution in [0.3, 0.4) is 0 Å². The molecule has 0 radical (unpaired) electrons. The number of ether oxygens (including phenoxy) is 1. The fourth-order valence-corrected chi connectivity index (χ4v) is 5.72. The lowest BCUT2D eigenvalue weighted by atomic mass is 9.52. The molecule has 188 valence electrons. The third kappa shape index (κ3) is 5.40. The van der Waals surface area contributed by atoms with Gasteiger partial charge in [-0.3, -0.25) is 9.59 Å². The van der Waals surface area contributed by atoms with Crippen molar-refractivity contribution in [1.29, 1.82) is 0 Å². The predicted molar refractivity (Wildman–Crippen MR) is 135 cm³/mol. The van der Waals surface area contributed by atoms with Crippen LogP contribution in [0.2, 0.25) is 5.02 Å². The Hall–Kier alpha value is -2.80. The highest BCUT2D eigenvalue weighted by molar-refractivity contribution is 6.30. The molecule has 0 aromatic heterocycles. The summed E-state index contributed by atoms with van der Waals surface area (Å²) in [7, 11) is 4.00. The van der Waals surface area contributed by atoms with E-state index in [-0.39, 0.29) is 40.7 Å². The molecule has 3 aliphatic rings. The van der Waals surface area contributed by atoms with Gasteiger partial charge in [-0.05, 0) is 67.9 Å². The van der Waals surface area contributed by atoms with Crippen LogP contribution in [0.1, 0.15) is 44.6 Å². The largest absolute Gasteiger partial charge is 0.484 e. The minimum absolute atomic E-state index is 0.00819. The summed E-state index contributed by atoms with van der Waals surface area (Å²) in [6, 6.07) is 12.3. The summed E-state index contributed by atoms with van der Waals surface area (Å²) in [6.07, 6.45) is 3.73. The molecule has 2 amide bonds. The van der Waals surface area contributed by atoms with Gasteiger partial charge >= 0.3 is 0 Å². The number of hydrogen-bond donors (Lipinski definition) is 2. The Morgan fingerprint density at radius 2 is 1.80 bits per heavy atom. The zero-order valence-electron chi connectivity index (χ0n) is 20.5. The number of halogens is 2. The normalized spacial score (nSPS) is 25.1. The van der Waals surface area contributed by atoms with Crippen LogP contribution in [0.4, 0.5) is 10.1 Å². The highest BCUT2D eigenvalue weighted by Crippen LogP contribution is 2.55. The number of anilines is 1. The fraction of sp³-hybridized carbons (Fsp3) is 0.481. The van der Waals surface area contributed by atoms with Gasteiger partial charge in [0.25, 0.3) is 5.91 Å². The summed E-state index contributed by atoms with van der Waals surface area (Å²) in [6.45, 7) is 2.42. The highest BCUT2D eigenvalue weighted by Gasteiger charge is 2.56. The zero-order chi connectivity index (χ0) is 25.2. The second-order valence-corrected chi connectivity index (χ2v) is 10.6. The molecule has 5 rings (SSSR count). The lowest BCUT2D eigenvalue weighted by Gasteiger charge is -2.56. The van der Waals surface area contributed by atoms with Crippen LogP contribution in [0.15, 0.2) is 42.5 Å². The maximum Gasteiger partial charge on any atom is 0.258 e. The molecule has 0 saturated heterocycles. The number of amides is 2. The van der Waals surface area contributed by atoms with E-state index in [1.807, 2.05) is 43.3 Å². The Kier molecular flexibility index (Phi) is 7.27. The van der Waals surface area contributed by atoms with Crippen molar-refractivity contribution in [1.82, 2.24) is 10.6 Å². The van der Waals surface area contributed by atoms with Crippen molar-refractivity contribution in [3.05, 3.63) is 58.9 Å². The van der Waals surface area contributed by atoms with E-state index in [1.165, 1.54) is 18.2 Å². The van der Waals surface area contributed by atoms with Gasteiger partial charge in [-0.15, -0.1) is 0 Å². The van der Waals surface area contributed by atoms with Crippen molar-refractivity contribution in [3.63, 3.8) is 0 Å². The molecular weight excluding hydrogens is 469 g/mol.